The molecular weight excluding hydrogens is 366 g/mol. The molecule has 0 spiro atoms. The summed E-state index contributed by atoms with van der Waals surface area (Å²) in [4.78, 5) is 15.4. The largest absolute Gasteiger partial charge is 0.372 e. The van der Waals surface area contributed by atoms with Crippen molar-refractivity contribution in [3.8, 4) is 0 Å². The summed E-state index contributed by atoms with van der Waals surface area (Å²) in [6.45, 7) is 8.07. The molecule has 0 fully saturated rings. The Morgan fingerprint density at radius 2 is 1.77 bits per heavy atom. The van der Waals surface area contributed by atoms with Gasteiger partial charge in [-0.15, -0.1) is 11.8 Å². The lowest BCUT2D eigenvalue weighted by molar-refractivity contribution is -0.120. The second-order valence-corrected chi connectivity index (χ2v) is 7.56. The topological polar surface area (TPSA) is 44.7 Å². The van der Waals surface area contributed by atoms with Crippen LogP contribution in [0.5, 0.6) is 0 Å². The summed E-state index contributed by atoms with van der Waals surface area (Å²) < 4.78 is 0. The van der Waals surface area contributed by atoms with Crippen molar-refractivity contribution in [2.45, 2.75) is 30.9 Å². The van der Waals surface area contributed by atoms with E-state index in [4.69, 9.17) is 11.6 Å². The minimum atomic E-state index is -0.252. The van der Waals surface area contributed by atoms with Crippen LogP contribution in [0.25, 0.3) is 0 Å². The zero-order valence-electron chi connectivity index (χ0n) is 15.3. The van der Waals surface area contributed by atoms with E-state index in [1.807, 2.05) is 43.3 Å². The number of amides is 1. The van der Waals surface area contributed by atoms with E-state index in [-0.39, 0.29) is 11.2 Å². The van der Waals surface area contributed by atoms with Gasteiger partial charge in [0.25, 0.3) is 5.91 Å². The molecule has 138 valence electrons. The van der Waals surface area contributed by atoms with Crippen molar-refractivity contribution in [1.29, 1.82) is 0 Å². The minimum absolute atomic E-state index is 0.138. The summed E-state index contributed by atoms with van der Waals surface area (Å²) in [6.07, 6.45) is 1.66. The fourth-order valence-electron chi connectivity index (χ4n) is 2.39. The van der Waals surface area contributed by atoms with Crippen molar-refractivity contribution in [1.82, 2.24) is 5.43 Å². The van der Waals surface area contributed by atoms with Crippen LogP contribution < -0.4 is 10.3 Å². The molecule has 0 saturated heterocycles. The number of rotatable bonds is 8. The molecule has 0 heterocycles. The zero-order valence-corrected chi connectivity index (χ0v) is 16.8. The fourth-order valence-corrected chi connectivity index (χ4v) is 3.38. The highest BCUT2D eigenvalue weighted by molar-refractivity contribution is 8.00. The van der Waals surface area contributed by atoms with Crippen LogP contribution in [0.2, 0.25) is 5.02 Å². The second kappa shape index (κ2) is 10.2. The number of halogens is 1. The van der Waals surface area contributed by atoms with Crippen molar-refractivity contribution in [3.05, 3.63) is 59.1 Å². The van der Waals surface area contributed by atoms with Crippen LogP contribution >= 0.6 is 23.4 Å². The van der Waals surface area contributed by atoms with Crippen LogP contribution in [-0.4, -0.2) is 30.5 Å². The van der Waals surface area contributed by atoms with E-state index >= 15 is 0 Å². The van der Waals surface area contributed by atoms with Gasteiger partial charge in [-0.05, 0) is 62.7 Å². The standard InChI is InChI=1S/C20H24ClN3OS/c1-4-24(5-2)18-10-6-16(7-11-18)14-22-23-20(25)15(3)26-19-12-8-17(21)9-13-19/h6-15H,4-5H2,1-3H3,(H,23,25)/b22-14-/t15-/m1/s1. The summed E-state index contributed by atoms with van der Waals surface area (Å²) in [7, 11) is 0. The molecule has 2 rings (SSSR count). The fraction of sp³-hybridized carbons (Fsp3) is 0.300. The number of nitrogens with zero attached hydrogens (tertiary/aromatic N) is 2. The summed E-state index contributed by atoms with van der Waals surface area (Å²) in [5, 5.41) is 4.49. The molecule has 2 aromatic rings. The Labute approximate surface area is 164 Å². The molecule has 1 N–H and O–H groups in total. The molecule has 0 aromatic heterocycles. The maximum Gasteiger partial charge on any atom is 0.253 e. The van der Waals surface area contributed by atoms with Crippen LogP contribution in [0.15, 0.2) is 58.5 Å². The molecule has 4 nitrogen and oxygen atoms in total. The monoisotopic (exact) mass is 389 g/mol. The van der Waals surface area contributed by atoms with Crippen molar-refractivity contribution in [2.75, 3.05) is 18.0 Å². The minimum Gasteiger partial charge on any atom is -0.372 e. The smallest absolute Gasteiger partial charge is 0.253 e. The number of carbonyl (C=O) groups is 1. The molecule has 6 heteroatoms. The summed E-state index contributed by atoms with van der Waals surface area (Å²) in [5.41, 5.74) is 4.72. The van der Waals surface area contributed by atoms with Gasteiger partial charge in [0.05, 0.1) is 11.5 Å². The Morgan fingerprint density at radius 1 is 1.15 bits per heavy atom. The Bertz CT molecular complexity index is 728. The Balaban J connectivity index is 1.86. The Morgan fingerprint density at radius 3 is 2.35 bits per heavy atom. The Hall–Kier alpha value is -1.98. The maximum atomic E-state index is 12.1. The highest BCUT2D eigenvalue weighted by atomic mass is 35.5. The third-order valence-corrected chi connectivity index (χ3v) is 5.27. The van der Waals surface area contributed by atoms with Gasteiger partial charge in [0.15, 0.2) is 0 Å². The van der Waals surface area contributed by atoms with Crippen molar-refractivity contribution in [3.63, 3.8) is 0 Å². The number of thioether (sulfide) groups is 1. The lowest BCUT2D eigenvalue weighted by Gasteiger charge is -2.20. The molecule has 0 saturated carbocycles. The van der Waals surface area contributed by atoms with Gasteiger partial charge in [-0.1, -0.05) is 23.7 Å². The van der Waals surface area contributed by atoms with Gasteiger partial charge in [-0.3, -0.25) is 4.79 Å². The van der Waals surface area contributed by atoms with Gasteiger partial charge in [-0.2, -0.15) is 5.10 Å². The molecule has 0 aliphatic heterocycles. The maximum absolute atomic E-state index is 12.1. The van der Waals surface area contributed by atoms with Crippen LogP contribution in [0, 0.1) is 0 Å². The van der Waals surface area contributed by atoms with E-state index in [1.54, 1.807) is 6.21 Å². The summed E-state index contributed by atoms with van der Waals surface area (Å²) in [6, 6.07) is 15.5. The molecule has 1 atom stereocenters. The number of anilines is 1. The number of hydrogen-bond donors (Lipinski definition) is 1. The van der Waals surface area contributed by atoms with Gasteiger partial charge < -0.3 is 4.90 Å². The first-order chi connectivity index (χ1) is 12.5. The van der Waals surface area contributed by atoms with Crippen LogP contribution in [0.3, 0.4) is 0 Å². The van der Waals surface area contributed by atoms with E-state index in [2.05, 4.69) is 41.4 Å². The molecule has 2 aromatic carbocycles. The predicted molar refractivity (Wildman–Crippen MR) is 113 cm³/mol. The molecule has 0 aliphatic carbocycles. The molecule has 0 radical (unpaired) electrons. The Kier molecular flexibility index (Phi) is 8.01. The van der Waals surface area contributed by atoms with Gasteiger partial charge in [0.1, 0.15) is 0 Å². The first-order valence-corrected chi connectivity index (χ1v) is 9.89. The van der Waals surface area contributed by atoms with Gasteiger partial charge in [-0.25, -0.2) is 5.43 Å². The van der Waals surface area contributed by atoms with E-state index in [9.17, 15) is 4.79 Å². The highest BCUT2D eigenvalue weighted by Gasteiger charge is 2.13. The normalized spacial score (nSPS) is 12.2. The van der Waals surface area contributed by atoms with Gasteiger partial charge >= 0.3 is 0 Å². The molecule has 0 aliphatic rings. The quantitative estimate of drug-likeness (QED) is 0.400. The number of hydrogen-bond acceptors (Lipinski definition) is 4. The molecule has 26 heavy (non-hydrogen) atoms. The average Bonchev–Trinajstić information content (AvgIpc) is 2.65. The first kappa shape index (κ1) is 20.3. The molecule has 1 amide bonds. The van der Waals surface area contributed by atoms with E-state index in [1.165, 1.54) is 17.4 Å². The van der Waals surface area contributed by atoms with Crippen LogP contribution in [0.1, 0.15) is 26.3 Å². The van der Waals surface area contributed by atoms with Crippen molar-refractivity contribution in [2.24, 2.45) is 5.10 Å². The number of benzene rings is 2. The van der Waals surface area contributed by atoms with Crippen molar-refractivity contribution >= 4 is 41.2 Å². The summed E-state index contributed by atoms with van der Waals surface area (Å²) in [5.74, 6) is -0.138. The zero-order chi connectivity index (χ0) is 18.9. The van der Waals surface area contributed by atoms with Gasteiger partial charge in [0, 0.05) is 28.7 Å². The third kappa shape index (κ3) is 6.07. The molecule has 0 bridgehead atoms. The van der Waals surface area contributed by atoms with E-state index in [0.29, 0.717) is 5.02 Å². The number of nitrogens with one attached hydrogen (secondary N) is 1. The number of carbonyl (C=O) groups excluding carboxylic acids is 1. The number of hydrazone groups is 1. The van der Waals surface area contributed by atoms with E-state index in [0.717, 1.165) is 23.5 Å². The van der Waals surface area contributed by atoms with Crippen molar-refractivity contribution < 1.29 is 4.79 Å². The van der Waals surface area contributed by atoms with Gasteiger partial charge in [0.2, 0.25) is 0 Å². The lowest BCUT2D eigenvalue weighted by atomic mass is 10.2. The summed E-state index contributed by atoms with van der Waals surface area (Å²) >= 11 is 7.34. The SMILES string of the molecule is CCN(CC)c1ccc(/C=N\NC(=O)[C@@H](C)Sc2ccc(Cl)cc2)cc1. The predicted octanol–water partition coefficient (Wildman–Crippen LogP) is 4.82. The third-order valence-electron chi connectivity index (χ3n) is 3.91. The van der Waals surface area contributed by atoms with E-state index < -0.39 is 0 Å². The first-order valence-electron chi connectivity index (χ1n) is 8.63. The van der Waals surface area contributed by atoms with Crippen LogP contribution in [-0.2, 0) is 4.79 Å². The lowest BCUT2D eigenvalue weighted by Crippen LogP contribution is -2.26. The average molecular weight is 390 g/mol. The molecule has 0 unspecified atom stereocenters. The molecular formula is C20H24ClN3OS. The second-order valence-electron chi connectivity index (χ2n) is 5.71. The highest BCUT2D eigenvalue weighted by Crippen LogP contribution is 2.24. The van der Waals surface area contributed by atoms with Crippen LogP contribution in [0.4, 0.5) is 5.69 Å².